The molecule has 0 aliphatic carbocycles. The van der Waals surface area contributed by atoms with Gasteiger partial charge in [0.1, 0.15) is 0 Å². The number of aryl methyl sites for hydroxylation is 1. The van der Waals surface area contributed by atoms with E-state index < -0.39 is 0 Å². The van der Waals surface area contributed by atoms with E-state index >= 15 is 0 Å². The van der Waals surface area contributed by atoms with Gasteiger partial charge in [0.2, 0.25) is 5.56 Å². The summed E-state index contributed by atoms with van der Waals surface area (Å²) in [6.07, 6.45) is 2.28. The molecule has 1 aliphatic heterocycles. The van der Waals surface area contributed by atoms with E-state index in [9.17, 15) is 4.79 Å². The van der Waals surface area contributed by atoms with E-state index in [0.717, 1.165) is 36.0 Å². The molecule has 1 aromatic heterocycles. The minimum atomic E-state index is -0.0568. The fourth-order valence-electron chi connectivity index (χ4n) is 3.19. The number of fused-ring (bicyclic) bond motifs is 2. The van der Waals surface area contributed by atoms with E-state index in [4.69, 9.17) is 0 Å². The number of aromatic amines is 1. The van der Waals surface area contributed by atoms with Crippen LogP contribution < -0.4 is 10.5 Å². The second kappa shape index (κ2) is 4.77. The van der Waals surface area contributed by atoms with Gasteiger partial charge in [-0.25, -0.2) is 0 Å². The molecule has 2 aromatic carbocycles. The minimum Gasteiger partial charge on any atom is -0.341 e. The average molecular weight is 276 g/mol. The average Bonchev–Trinajstić information content (AvgIpc) is 2.53. The normalized spacial score (nSPS) is 14.2. The molecule has 0 unspecified atom stereocenters. The van der Waals surface area contributed by atoms with Gasteiger partial charge in [-0.3, -0.25) is 4.79 Å². The van der Waals surface area contributed by atoms with E-state index in [2.05, 4.69) is 40.2 Å². The smallest absolute Gasteiger partial charge is 0.248 e. The first-order chi connectivity index (χ1) is 10.3. The van der Waals surface area contributed by atoms with E-state index in [1.54, 1.807) is 6.07 Å². The Hall–Kier alpha value is -2.55. The molecule has 0 bridgehead atoms. The molecular weight excluding hydrogens is 260 g/mol. The highest BCUT2D eigenvalue weighted by Gasteiger charge is 2.19. The van der Waals surface area contributed by atoms with Crippen molar-refractivity contribution < 1.29 is 0 Å². The second-order valence-electron chi connectivity index (χ2n) is 5.44. The molecule has 1 aliphatic rings. The van der Waals surface area contributed by atoms with Gasteiger partial charge < -0.3 is 9.88 Å². The van der Waals surface area contributed by atoms with Crippen molar-refractivity contribution in [3.8, 4) is 0 Å². The first kappa shape index (κ1) is 12.2. The molecule has 3 aromatic rings. The number of benzene rings is 2. The first-order valence-corrected chi connectivity index (χ1v) is 7.30. The van der Waals surface area contributed by atoms with Gasteiger partial charge in [-0.1, -0.05) is 24.3 Å². The van der Waals surface area contributed by atoms with Gasteiger partial charge in [-0.05, 0) is 42.7 Å². The topological polar surface area (TPSA) is 36.1 Å². The zero-order chi connectivity index (χ0) is 14.2. The molecule has 4 rings (SSSR count). The van der Waals surface area contributed by atoms with Crippen LogP contribution >= 0.6 is 0 Å². The lowest BCUT2D eigenvalue weighted by Crippen LogP contribution is -2.24. The highest BCUT2D eigenvalue weighted by Crippen LogP contribution is 2.36. The van der Waals surface area contributed by atoms with Crippen LogP contribution in [0.1, 0.15) is 12.0 Å². The number of para-hydroxylation sites is 1. The van der Waals surface area contributed by atoms with Crippen LogP contribution in [0.2, 0.25) is 0 Å². The van der Waals surface area contributed by atoms with Crippen molar-refractivity contribution in [3.63, 3.8) is 0 Å². The Morgan fingerprint density at radius 3 is 2.71 bits per heavy atom. The van der Waals surface area contributed by atoms with Crippen LogP contribution in [-0.4, -0.2) is 11.5 Å². The minimum absolute atomic E-state index is 0.0568. The Kier molecular flexibility index (Phi) is 2.78. The number of aromatic nitrogens is 1. The standard InChI is InChI=1S/C18H16N2O/c21-18-11-10-14-15(19-18)7-3-9-17(14)20-12-4-6-13-5-1-2-8-16(13)20/h1-3,5,7-11H,4,6,12H2,(H,19,21). The van der Waals surface area contributed by atoms with Crippen LogP contribution in [-0.2, 0) is 6.42 Å². The highest BCUT2D eigenvalue weighted by atomic mass is 16.1. The number of hydrogen-bond donors (Lipinski definition) is 1. The number of pyridine rings is 1. The van der Waals surface area contributed by atoms with Crippen molar-refractivity contribution in [2.24, 2.45) is 0 Å². The Balaban J connectivity index is 1.94. The number of hydrogen-bond acceptors (Lipinski definition) is 2. The summed E-state index contributed by atoms with van der Waals surface area (Å²) >= 11 is 0. The third-order valence-corrected chi connectivity index (χ3v) is 4.14. The SMILES string of the molecule is O=c1ccc2c(N3CCCc4ccccc43)cccc2[nH]1. The molecule has 0 saturated heterocycles. The summed E-state index contributed by atoms with van der Waals surface area (Å²) < 4.78 is 0. The summed E-state index contributed by atoms with van der Waals surface area (Å²) in [6.45, 7) is 1.01. The van der Waals surface area contributed by atoms with Crippen LogP contribution in [0.3, 0.4) is 0 Å². The highest BCUT2D eigenvalue weighted by molar-refractivity contribution is 5.94. The monoisotopic (exact) mass is 276 g/mol. The number of rotatable bonds is 1. The van der Waals surface area contributed by atoms with Crippen molar-refractivity contribution in [1.82, 2.24) is 4.98 Å². The summed E-state index contributed by atoms with van der Waals surface area (Å²) in [5, 5.41) is 1.09. The summed E-state index contributed by atoms with van der Waals surface area (Å²) in [6, 6.07) is 18.2. The van der Waals surface area contributed by atoms with Crippen molar-refractivity contribution in [3.05, 3.63) is 70.5 Å². The predicted octanol–water partition coefficient (Wildman–Crippen LogP) is 3.61. The lowest BCUT2D eigenvalue weighted by Gasteiger charge is -2.32. The lowest BCUT2D eigenvalue weighted by atomic mass is 10.0. The first-order valence-electron chi connectivity index (χ1n) is 7.30. The largest absolute Gasteiger partial charge is 0.341 e. The Morgan fingerprint density at radius 2 is 1.76 bits per heavy atom. The Bertz CT molecular complexity index is 866. The molecule has 21 heavy (non-hydrogen) atoms. The van der Waals surface area contributed by atoms with E-state index in [0.29, 0.717) is 0 Å². The number of H-pyrrole nitrogens is 1. The molecule has 0 atom stereocenters. The van der Waals surface area contributed by atoms with Gasteiger partial charge in [0.25, 0.3) is 0 Å². The summed E-state index contributed by atoms with van der Waals surface area (Å²) in [7, 11) is 0. The second-order valence-corrected chi connectivity index (χ2v) is 5.44. The van der Waals surface area contributed by atoms with Crippen molar-refractivity contribution in [1.29, 1.82) is 0 Å². The summed E-state index contributed by atoms with van der Waals surface area (Å²) in [5.41, 5.74) is 4.67. The molecule has 2 heterocycles. The Morgan fingerprint density at radius 1 is 0.905 bits per heavy atom. The van der Waals surface area contributed by atoms with Crippen LogP contribution in [0.5, 0.6) is 0 Å². The molecule has 3 heteroatoms. The number of nitrogens with zero attached hydrogens (tertiary/aromatic N) is 1. The maximum absolute atomic E-state index is 11.5. The van der Waals surface area contributed by atoms with Crippen molar-refractivity contribution in [2.75, 3.05) is 11.4 Å². The quantitative estimate of drug-likeness (QED) is 0.737. The molecule has 3 nitrogen and oxygen atoms in total. The van der Waals surface area contributed by atoms with Crippen LogP contribution in [0.4, 0.5) is 11.4 Å². The molecule has 0 spiro atoms. The third-order valence-electron chi connectivity index (χ3n) is 4.14. The Labute approximate surface area is 122 Å². The lowest BCUT2D eigenvalue weighted by molar-refractivity contribution is 0.768. The number of anilines is 2. The molecule has 1 N–H and O–H groups in total. The van der Waals surface area contributed by atoms with Gasteiger partial charge in [0.15, 0.2) is 0 Å². The fourth-order valence-corrected chi connectivity index (χ4v) is 3.19. The van der Waals surface area contributed by atoms with E-state index in [1.165, 1.54) is 11.3 Å². The van der Waals surface area contributed by atoms with E-state index in [-0.39, 0.29) is 5.56 Å². The molecule has 0 radical (unpaired) electrons. The molecule has 104 valence electrons. The van der Waals surface area contributed by atoms with Crippen LogP contribution in [0.15, 0.2) is 59.4 Å². The predicted molar refractivity (Wildman–Crippen MR) is 86.3 cm³/mol. The molecule has 0 amide bonds. The van der Waals surface area contributed by atoms with Gasteiger partial charge >= 0.3 is 0 Å². The maximum atomic E-state index is 11.5. The van der Waals surface area contributed by atoms with Gasteiger partial charge in [-0.2, -0.15) is 0 Å². The summed E-state index contributed by atoms with van der Waals surface area (Å²) in [4.78, 5) is 16.8. The molecule has 0 saturated carbocycles. The zero-order valence-corrected chi connectivity index (χ0v) is 11.7. The summed E-state index contributed by atoms with van der Waals surface area (Å²) in [5.74, 6) is 0. The van der Waals surface area contributed by atoms with E-state index in [1.807, 2.05) is 18.2 Å². The van der Waals surface area contributed by atoms with Crippen LogP contribution in [0.25, 0.3) is 10.9 Å². The zero-order valence-electron chi connectivity index (χ0n) is 11.7. The van der Waals surface area contributed by atoms with Crippen molar-refractivity contribution >= 4 is 22.3 Å². The molecule has 0 fully saturated rings. The molecular formula is C18H16N2O. The van der Waals surface area contributed by atoms with Crippen molar-refractivity contribution in [2.45, 2.75) is 12.8 Å². The fraction of sp³-hybridized carbons (Fsp3) is 0.167. The maximum Gasteiger partial charge on any atom is 0.248 e. The van der Waals surface area contributed by atoms with Gasteiger partial charge in [0.05, 0.1) is 11.2 Å². The van der Waals surface area contributed by atoms with Gasteiger partial charge in [-0.15, -0.1) is 0 Å². The van der Waals surface area contributed by atoms with Gasteiger partial charge in [0, 0.05) is 23.7 Å². The van der Waals surface area contributed by atoms with Crippen LogP contribution in [0, 0.1) is 0 Å². The number of nitrogens with one attached hydrogen (secondary N) is 1. The third kappa shape index (κ3) is 2.02.